The second-order valence-electron chi connectivity index (χ2n) is 14.3. The van der Waals surface area contributed by atoms with Crippen LogP contribution in [0.2, 0.25) is 0 Å². The summed E-state index contributed by atoms with van der Waals surface area (Å²) in [4.78, 5) is 33.9. The van der Waals surface area contributed by atoms with Gasteiger partial charge in [0.15, 0.2) is 11.0 Å². The fourth-order valence-corrected chi connectivity index (χ4v) is 8.06. The Morgan fingerprint density at radius 2 is 1.40 bits per heavy atom. The molecular formula is C40H43F2N7O3S. The molecule has 0 atom stereocenters. The average Bonchev–Trinajstić information content (AvgIpc) is 3.81. The van der Waals surface area contributed by atoms with Gasteiger partial charge >= 0.3 is 5.97 Å². The van der Waals surface area contributed by atoms with Crippen molar-refractivity contribution in [2.45, 2.75) is 75.9 Å². The van der Waals surface area contributed by atoms with Crippen LogP contribution in [0.1, 0.15) is 59.9 Å². The van der Waals surface area contributed by atoms with Crippen LogP contribution in [0.3, 0.4) is 0 Å². The van der Waals surface area contributed by atoms with Crippen LogP contribution in [-0.2, 0) is 49.7 Å². The number of thioether (sulfide) groups is 1. The summed E-state index contributed by atoms with van der Waals surface area (Å²) in [6.07, 6.45) is 2.34. The van der Waals surface area contributed by atoms with E-state index in [-0.39, 0.29) is 11.4 Å². The molecule has 0 bridgehead atoms. The first-order valence-corrected chi connectivity index (χ1v) is 18.9. The first-order valence-electron chi connectivity index (χ1n) is 17.9. The number of hydrogen-bond donors (Lipinski definition) is 1. The largest absolute Gasteiger partial charge is 0.480 e. The third kappa shape index (κ3) is 8.12. The third-order valence-corrected chi connectivity index (χ3v) is 11.5. The number of carboxylic acid groups (broad SMARTS) is 1. The molecule has 7 rings (SSSR count). The van der Waals surface area contributed by atoms with Gasteiger partial charge in [-0.2, -0.15) is 4.98 Å². The number of carbonyl (C=O) groups is 1. The number of fused-ring (bicyclic) bond motifs is 1. The van der Waals surface area contributed by atoms with Gasteiger partial charge < -0.3 is 14.2 Å². The van der Waals surface area contributed by atoms with Gasteiger partial charge in [0.2, 0.25) is 0 Å². The van der Waals surface area contributed by atoms with Crippen LogP contribution in [-0.4, -0.2) is 76.9 Å². The Bertz CT molecular complexity index is 2130. The molecule has 2 aromatic heterocycles. The average molecular weight is 740 g/mol. The Kier molecular flexibility index (Phi) is 10.9. The van der Waals surface area contributed by atoms with Crippen LogP contribution >= 0.6 is 11.8 Å². The monoisotopic (exact) mass is 739 g/mol. The fourth-order valence-electron chi connectivity index (χ4n) is 7.09. The highest BCUT2D eigenvalue weighted by atomic mass is 32.2. The molecule has 0 unspecified atom stereocenters. The summed E-state index contributed by atoms with van der Waals surface area (Å²) in [5.74, 6) is 0.922. The van der Waals surface area contributed by atoms with Gasteiger partial charge in [-0.05, 0) is 73.1 Å². The van der Waals surface area contributed by atoms with E-state index in [0.29, 0.717) is 68.7 Å². The van der Waals surface area contributed by atoms with Crippen LogP contribution < -0.4 is 5.56 Å². The summed E-state index contributed by atoms with van der Waals surface area (Å²) in [7, 11) is 0. The maximum atomic E-state index is 13.6. The zero-order chi connectivity index (χ0) is 37.1. The third-order valence-electron chi connectivity index (χ3n) is 10.5. The Morgan fingerprint density at radius 1 is 0.792 bits per heavy atom. The van der Waals surface area contributed by atoms with Crippen LogP contribution in [0.15, 0.2) is 82.7 Å². The molecule has 2 aliphatic rings. The summed E-state index contributed by atoms with van der Waals surface area (Å²) < 4.78 is 31.0. The van der Waals surface area contributed by atoms with Crippen molar-refractivity contribution in [3.8, 4) is 11.1 Å². The molecule has 13 heteroatoms. The number of rotatable bonds is 13. The van der Waals surface area contributed by atoms with E-state index >= 15 is 0 Å². The summed E-state index contributed by atoms with van der Waals surface area (Å²) in [5.41, 5.74) is 5.25. The molecular weight excluding hydrogens is 697 g/mol. The van der Waals surface area contributed by atoms with Crippen molar-refractivity contribution in [2.24, 2.45) is 0 Å². The van der Waals surface area contributed by atoms with Crippen molar-refractivity contribution in [3.63, 3.8) is 0 Å². The van der Waals surface area contributed by atoms with Gasteiger partial charge in [0, 0.05) is 43.2 Å². The Balaban J connectivity index is 1.18. The minimum absolute atomic E-state index is 0.192. The van der Waals surface area contributed by atoms with Gasteiger partial charge in [0.1, 0.15) is 23.9 Å². The molecule has 0 radical (unpaired) electrons. The summed E-state index contributed by atoms with van der Waals surface area (Å²) >= 11 is 1.45. The molecule has 3 aromatic carbocycles. The molecule has 276 valence electrons. The lowest BCUT2D eigenvalue weighted by Crippen LogP contribution is -2.57. The number of nitrogens with zero attached hydrogens (tertiary/aromatic N) is 7. The second kappa shape index (κ2) is 15.7. The minimum Gasteiger partial charge on any atom is -0.480 e. The van der Waals surface area contributed by atoms with Gasteiger partial charge in [-0.3, -0.25) is 19.4 Å². The normalized spacial score (nSPS) is 15.2. The predicted molar refractivity (Wildman–Crippen MR) is 200 cm³/mol. The topological polar surface area (TPSA) is 109 Å². The SMILES string of the molecule is CC(C)(C(=O)O)N1CCN(Cc2nnc(Cn3c(SCc4ccc(F)cc4)nc(=O)c4c3CCC4)n2Cc2ccc(-c3ccc(CF)cc3)cc2)CC1. The van der Waals surface area contributed by atoms with Gasteiger partial charge in [-0.25, -0.2) is 8.78 Å². The van der Waals surface area contributed by atoms with Crippen LogP contribution in [0.25, 0.3) is 11.1 Å². The minimum atomic E-state index is -0.946. The van der Waals surface area contributed by atoms with E-state index in [2.05, 4.69) is 43.3 Å². The van der Waals surface area contributed by atoms with E-state index in [1.165, 1.54) is 23.9 Å². The number of benzene rings is 3. The van der Waals surface area contributed by atoms with E-state index in [1.807, 2.05) is 17.0 Å². The Morgan fingerprint density at radius 3 is 2.02 bits per heavy atom. The molecule has 1 aliphatic carbocycles. The molecule has 1 N–H and O–H groups in total. The molecule has 1 saturated heterocycles. The van der Waals surface area contributed by atoms with Crippen LogP contribution in [0.5, 0.6) is 0 Å². The van der Waals surface area contributed by atoms with Gasteiger partial charge in [0.25, 0.3) is 5.56 Å². The molecule has 0 spiro atoms. The smallest absolute Gasteiger partial charge is 0.323 e. The number of halogens is 2. The van der Waals surface area contributed by atoms with Crippen LogP contribution in [0, 0.1) is 5.82 Å². The fraction of sp³-hybridized carbons (Fsp3) is 0.375. The van der Waals surface area contributed by atoms with Gasteiger partial charge in [-0.15, -0.1) is 10.2 Å². The van der Waals surface area contributed by atoms with Crippen molar-refractivity contribution >= 4 is 17.7 Å². The lowest BCUT2D eigenvalue weighted by atomic mass is 10.0. The maximum Gasteiger partial charge on any atom is 0.323 e. The Hall–Kier alpha value is -4.72. The highest BCUT2D eigenvalue weighted by molar-refractivity contribution is 7.98. The van der Waals surface area contributed by atoms with E-state index in [9.17, 15) is 23.5 Å². The predicted octanol–water partition coefficient (Wildman–Crippen LogP) is 5.97. The summed E-state index contributed by atoms with van der Waals surface area (Å²) in [6.45, 7) is 7.04. The quantitative estimate of drug-likeness (QED) is 0.116. The van der Waals surface area contributed by atoms with E-state index in [1.54, 1.807) is 38.1 Å². The first kappa shape index (κ1) is 36.6. The van der Waals surface area contributed by atoms with Crippen molar-refractivity contribution in [2.75, 3.05) is 26.2 Å². The number of carboxylic acids is 1. The lowest BCUT2D eigenvalue weighted by Gasteiger charge is -2.41. The van der Waals surface area contributed by atoms with Crippen molar-refractivity contribution in [1.82, 2.24) is 34.1 Å². The molecule has 10 nitrogen and oxygen atoms in total. The molecule has 5 aromatic rings. The number of alkyl halides is 1. The zero-order valence-electron chi connectivity index (χ0n) is 30.0. The molecule has 1 fully saturated rings. The van der Waals surface area contributed by atoms with Crippen molar-refractivity contribution in [3.05, 3.63) is 129 Å². The van der Waals surface area contributed by atoms with Gasteiger partial charge in [-0.1, -0.05) is 72.4 Å². The molecule has 1 aliphatic heterocycles. The lowest BCUT2D eigenvalue weighted by molar-refractivity contribution is -0.150. The maximum absolute atomic E-state index is 13.6. The molecule has 0 amide bonds. The summed E-state index contributed by atoms with van der Waals surface area (Å²) in [5, 5.41) is 19.8. The highest BCUT2D eigenvalue weighted by Gasteiger charge is 2.36. The van der Waals surface area contributed by atoms with E-state index < -0.39 is 18.2 Å². The number of hydrogen-bond acceptors (Lipinski definition) is 8. The second-order valence-corrected chi connectivity index (χ2v) is 15.2. The van der Waals surface area contributed by atoms with Crippen molar-refractivity contribution in [1.29, 1.82) is 0 Å². The first-order chi connectivity index (χ1) is 25.6. The number of aliphatic carboxylic acids is 1. The Labute approximate surface area is 311 Å². The number of piperazine rings is 1. The molecule has 0 saturated carbocycles. The highest BCUT2D eigenvalue weighted by Crippen LogP contribution is 2.28. The summed E-state index contributed by atoms with van der Waals surface area (Å²) in [6, 6.07) is 22.1. The van der Waals surface area contributed by atoms with Crippen molar-refractivity contribution < 1.29 is 18.7 Å². The van der Waals surface area contributed by atoms with E-state index in [0.717, 1.165) is 58.0 Å². The van der Waals surface area contributed by atoms with Crippen LogP contribution in [0.4, 0.5) is 8.78 Å². The van der Waals surface area contributed by atoms with Gasteiger partial charge in [0.05, 0.1) is 19.6 Å². The molecule has 53 heavy (non-hydrogen) atoms. The zero-order valence-corrected chi connectivity index (χ0v) is 30.8. The molecule has 3 heterocycles. The number of aromatic nitrogens is 5. The van der Waals surface area contributed by atoms with E-state index in [4.69, 9.17) is 10.2 Å². The standard InChI is InChI=1S/C40H43F2N7O3S/c1-40(2,38(51)52)47-20-18-46(19-21-47)24-35-44-45-36(49(35)23-28-8-14-31(15-9-28)30-12-6-27(22-41)7-13-30)25-48-34-5-3-4-33(34)37(50)43-39(48)53-26-29-10-16-32(42)17-11-29/h6-17H,3-5,18-26H2,1-2H3,(H,51,52).